The number of benzene rings is 3. The molecule has 0 radical (unpaired) electrons. The number of amides is 3. The molecule has 1 saturated heterocycles. The second-order valence-electron chi connectivity index (χ2n) is 10.6. The molecule has 9 nitrogen and oxygen atoms in total. The Morgan fingerprint density at radius 3 is 1.81 bits per heavy atom. The summed E-state index contributed by atoms with van der Waals surface area (Å²) in [5.41, 5.74) is 6.27. The SMILES string of the molecule is C/C=C/P(OS(=O)(=O)ON1C(=O)N2C[C@H]1C(C(C)C)=C[C@H]2C(N)=O)(c1ccccc1)(c1ccccc1)c1ccccc1. The summed E-state index contributed by atoms with van der Waals surface area (Å²) < 4.78 is 40.7. The Hall–Kier alpha value is -3.82. The van der Waals surface area contributed by atoms with Gasteiger partial charge in [0.1, 0.15) is 0 Å². The van der Waals surface area contributed by atoms with Gasteiger partial charge in [0.05, 0.1) is 0 Å². The summed E-state index contributed by atoms with van der Waals surface area (Å²) in [6, 6.07) is 25.0. The number of carbonyl (C=O) groups is 2. The maximum atomic E-state index is 14.3. The van der Waals surface area contributed by atoms with Crippen LogP contribution in [0.4, 0.5) is 4.79 Å². The molecular weight excluding hydrogens is 573 g/mol. The predicted molar refractivity (Wildman–Crippen MR) is 165 cm³/mol. The minimum atomic E-state index is -4.96. The van der Waals surface area contributed by atoms with Gasteiger partial charge >= 0.3 is 247 Å². The number of hydrogen-bond acceptors (Lipinski definition) is 6. The van der Waals surface area contributed by atoms with Crippen LogP contribution in [-0.2, 0) is 23.4 Å². The summed E-state index contributed by atoms with van der Waals surface area (Å²) in [7, 11) is -4.96. The van der Waals surface area contributed by atoms with E-state index in [4.69, 9.17) is 14.0 Å². The molecule has 42 heavy (non-hydrogen) atoms. The summed E-state index contributed by atoms with van der Waals surface area (Å²) in [4.78, 5) is 26.9. The van der Waals surface area contributed by atoms with Gasteiger partial charge in [-0.05, 0) is 0 Å². The zero-order valence-corrected chi connectivity index (χ0v) is 25.3. The first kappa shape index (κ1) is 29.7. The van der Waals surface area contributed by atoms with E-state index in [1.54, 1.807) is 19.1 Å². The normalized spacial score (nSPS) is 20.0. The van der Waals surface area contributed by atoms with Crippen LogP contribution in [0.3, 0.4) is 0 Å². The number of hydroxylamine groups is 2. The second kappa shape index (κ2) is 11.1. The van der Waals surface area contributed by atoms with Crippen molar-refractivity contribution in [2.75, 3.05) is 6.54 Å². The topological polar surface area (TPSA) is 119 Å². The minimum absolute atomic E-state index is 0.0560. The first-order valence-electron chi connectivity index (χ1n) is 13.6. The average Bonchev–Trinajstić information content (AvgIpc) is 3.23. The molecule has 220 valence electrons. The first-order valence-corrected chi connectivity index (χ1v) is 17.2. The quantitative estimate of drug-likeness (QED) is 0.277. The third-order valence-electron chi connectivity index (χ3n) is 7.77. The van der Waals surface area contributed by atoms with Crippen molar-refractivity contribution in [1.29, 1.82) is 0 Å². The Bertz CT molecular complexity index is 1550. The molecule has 0 aromatic heterocycles. The molecule has 2 bridgehead atoms. The van der Waals surface area contributed by atoms with Crippen LogP contribution in [-0.4, -0.2) is 48.9 Å². The summed E-state index contributed by atoms with van der Waals surface area (Å²) in [5.74, 6) is 0.985. The van der Waals surface area contributed by atoms with Crippen molar-refractivity contribution in [1.82, 2.24) is 9.96 Å². The summed E-state index contributed by atoms with van der Waals surface area (Å²) in [6.45, 7) is 1.17. The van der Waals surface area contributed by atoms with E-state index in [1.165, 1.54) is 4.90 Å². The van der Waals surface area contributed by atoms with Crippen LogP contribution < -0.4 is 21.6 Å². The Kier molecular flexibility index (Phi) is 7.85. The van der Waals surface area contributed by atoms with Gasteiger partial charge in [0.25, 0.3) is 0 Å². The number of nitrogens with zero attached hydrogens (tertiary/aromatic N) is 2. The monoisotopic (exact) mass is 607 g/mol. The van der Waals surface area contributed by atoms with E-state index in [-0.39, 0.29) is 12.5 Å². The molecule has 2 atom stereocenters. The molecule has 3 amide bonds. The molecule has 2 N–H and O–H groups in total. The Morgan fingerprint density at radius 1 is 0.929 bits per heavy atom. The summed E-state index contributed by atoms with van der Waals surface area (Å²) in [5, 5.41) is 2.67. The Balaban J connectivity index is 1.70. The van der Waals surface area contributed by atoms with Crippen LogP contribution in [0.15, 0.2) is 115 Å². The third kappa shape index (κ3) is 4.74. The van der Waals surface area contributed by atoms with E-state index in [0.717, 1.165) is 5.06 Å². The van der Waals surface area contributed by atoms with Crippen LogP contribution in [0.2, 0.25) is 0 Å². The van der Waals surface area contributed by atoms with Crippen LogP contribution in [0.25, 0.3) is 0 Å². The van der Waals surface area contributed by atoms with Crippen molar-refractivity contribution in [3.63, 3.8) is 0 Å². The van der Waals surface area contributed by atoms with Crippen molar-refractivity contribution in [3.8, 4) is 0 Å². The number of fused-ring (bicyclic) bond motifs is 2. The predicted octanol–water partition coefficient (Wildman–Crippen LogP) is 3.71. The standard InChI is InChI=1S/C31H34N3O6PS/c1-4-20-41(24-14-8-5-9-15-24,25-16-10-6-11-17-25,26-18-12-7-13-19-26)40-42(37,38)39-34-29-22-33(31(34)36)28(30(32)35)21-27(29)23(2)3/h4-21,23,28-29H,22H2,1-3H3,(H2,32,35)/b20-4+/t28-,29-/m0/s1. The molecule has 2 heterocycles. The van der Waals surface area contributed by atoms with Crippen LogP contribution in [0, 0.1) is 5.92 Å². The molecule has 5 rings (SSSR count). The molecule has 0 aliphatic carbocycles. The summed E-state index contributed by atoms with van der Waals surface area (Å²) in [6.07, 6.45) is 3.39. The van der Waals surface area contributed by atoms with Crippen molar-refractivity contribution in [2.45, 2.75) is 32.9 Å². The molecule has 0 unspecified atom stereocenters. The van der Waals surface area contributed by atoms with E-state index in [9.17, 15) is 18.0 Å². The van der Waals surface area contributed by atoms with Crippen LogP contribution in [0.5, 0.6) is 0 Å². The number of allylic oxidation sites excluding steroid dienone is 1. The zero-order valence-electron chi connectivity index (χ0n) is 23.6. The Morgan fingerprint density at radius 2 is 1.40 bits per heavy atom. The molecular formula is C31H34N3O6PS. The molecule has 0 saturated carbocycles. The van der Waals surface area contributed by atoms with E-state index in [0.29, 0.717) is 21.5 Å². The van der Waals surface area contributed by atoms with Gasteiger partial charge in [0, 0.05) is 0 Å². The Labute approximate surface area is 246 Å². The van der Waals surface area contributed by atoms with E-state index >= 15 is 0 Å². The van der Waals surface area contributed by atoms with Crippen molar-refractivity contribution >= 4 is 45.1 Å². The van der Waals surface area contributed by atoms with Crippen molar-refractivity contribution < 1.29 is 26.3 Å². The fourth-order valence-corrected chi connectivity index (χ4v) is 13.5. The van der Waals surface area contributed by atoms with Gasteiger partial charge in [-0.15, -0.1) is 0 Å². The van der Waals surface area contributed by atoms with Crippen molar-refractivity contribution in [3.05, 3.63) is 115 Å². The van der Waals surface area contributed by atoms with Gasteiger partial charge in [-0.1, -0.05) is 0 Å². The molecule has 2 aliphatic heterocycles. The van der Waals surface area contributed by atoms with Gasteiger partial charge in [-0.2, -0.15) is 0 Å². The van der Waals surface area contributed by atoms with Crippen molar-refractivity contribution in [2.24, 2.45) is 11.7 Å². The summed E-state index contributed by atoms with van der Waals surface area (Å²) >= 11 is 0. The fraction of sp³-hybridized carbons (Fsp3) is 0.226. The molecule has 0 spiro atoms. The van der Waals surface area contributed by atoms with Gasteiger partial charge < -0.3 is 0 Å². The zero-order chi connectivity index (χ0) is 30.1. The molecule has 2 aliphatic rings. The third-order valence-corrected chi connectivity index (χ3v) is 14.9. The molecule has 3 aromatic rings. The van der Waals surface area contributed by atoms with E-state index in [2.05, 4.69) is 0 Å². The molecule has 1 fully saturated rings. The number of nitrogens with two attached hydrogens (primary N) is 1. The number of carbonyl (C=O) groups excluding carboxylic acids is 2. The van der Waals surface area contributed by atoms with E-state index in [1.807, 2.05) is 111 Å². The van der Waals surface area contributed by atoms with Gasteiger partial charge in [-0.3, -0.25) is 0 Å². The average molecular weight is 608 g/mol. The van der Waals surface area contributed by atoms with Crippen LogP contribution >= 0.6 is 6.83 Å². The van der Waals surface area contributed by atoms with Gasteiger partial charge in [0.15, 0.2) is 0 Å². The number of hydrogen-bond donors (Lipinski definition) is 1. The van der Waals surface area contributed by atoms with E-state index < -0.39 is 41.3 Å². The number of primary amides is 1. The fourth-order valence-electron chi connectivity index (χ4n) is 5.97. The number of rotatable bonds is 10. The maximum absolute atomic E-state index is 14.3. The number of urea groups is 1. The van der Waals surface area contributed by atoms with Gasteiger partial charge in [-0.25, -0.2) is 0 Å². The first-order chi connectivity index (χ1) is 20.0. The molecule has 11 heteroatoms. The second-order valence-corrected chi connectivity index (χ2v) is 16.2. The van der Waals surface area contributed by atoms with Gasteiger partial charge in [0.2, 0.25) is 0 Å². The van der Waals surface area contributed by atoms with Crippen LogP contribution in [0.1, 0.15) is 20.8 Å². The molecule has 3 aromatic carbocycles.